The molecular weight excluding hydrogens is 242 g/mol. The molecule has 1 atom stereocenters. The predicted molar refractivity (Wildman–Crippen MR) is 77.1 cm³/mol. The van der Waals surface area contributed by atoms with Gasteiger partial charge in [0.15, 0.2) is 0 Å². The van der Waals surface area contributed by atoms with Crippen LogP contribution in [0.15, 0.2) is 0 Å². The van der Waals surface area contributed by atoms with Crippen LogP contribution in [0, 0.1) is 0 Å². The van der Waals surface area contributed by atoms with Crippen molar-refractivity contribution in [3.05, 3.63) is 0 Å². The Morgan fingerprint density at radius 1 is 1.21 bits per heavy atom. The topological polar surface area (TPSA) is 55.8 Å². The van der Waals surface area contributed by atoms with Gasteiger partial charge in [-0.05, 0) is 19.8 Å². The molecule has 5 heteroatoms. The lowest BCUT2D eigenvalue weighted by atomic mass is 10.1. The molecule has 0 spiro atoms. The van der Waals surface area contributed by atoms with Crippen molar-refractivity contribution in [3.63, 3.8) is 0 Å². The number of carbonyl (C=O) groups is 1. The normalized spacial score (nSPS) is 19.6. The summed E-state index contributed by atoms with van der Waals surface area (Å²) in [6, 6.07) is 0.238. The fourth-order valence-electron chi connectivity index (χ4n) is 2.50. The average molecular weight is 271 g/mol. The lowest BCUT2D eigenvalue weighted by Gasteiger charge is -2.37. The summed E-state index contributed by atoms with van der Waals surface area (Å²) in [5, 5.41) is 12.0. The van der Waals surface area contributed by atoms with E-state index in [-0.39, 0.29) is 18.6 Å². The SMILES string of the molecule is CCC(CC)NC(=O)C(C)N1CCN(CCO)CC1. The second-order valence-corrected chi connectivity index (χ2v) is 5.30. The number of β-amino-alcohol motifs (C(OH)–C–C–N with tert-alkyl or cyclic N) is 1. The molecule has 2 N–H and O–H groups in total. The maximum absolute atomic E-state index is 12.2. The molecule has 0 bridgehead atoms. The summed E-state index contributed by atoms with van der Waals surface area (Å²) in [6.07, 6.45) is 1.97. The highest BCUT2D eigenvalue weighted by molar-refractivity contribution is 5.81. The Morgan fingerprint density at radius 3 is 2.26 bits per heavy atom. The molecule has 1 amide bonds. The van der Waals surface area contributed by atoms with Crippen LogP contribution < -0.4 is 5.32 Å². The Kier molecular flexibility index (Phi) is 7.34. The van der Waals surface area contributed by atoms with E-state index in [1.807, 2.05) is 6.92 Å². The molecule has 19 heavy (non-hydrogen) atoms. The number of nitrogens with one attached hydrogen (secondary N) is 1. The molecule has 1 rings (SSSR count). The van der Waals surface area contributed by atoms with E-state index in [1.54, 1.807) is 0 Å². The molecule has 1 unspecified atom stereocenters. The molecule has 1 heterocycles. The molecule has 1 aliphatic rings. The highest BCUT2D eigenvalue weighted by Gasteiger charge is 2.25. The van der Waals surface area contributed by atoms with Crippen molar-refractivity contribution in [3.8, 4) is 0 Å². The molecule has 0 aromatic rings. The lowest BCUT2D eigenvalue weighted by Crippen LogP contribution is -2.55. The molecule has 1 fully saturated rings. The summed E-state index contributed by atoms with van der Waals surface area (Å²) in [5.74, 6) is 0.143. The van der Waals surface area contributed by atoms with E-state index in [0.29, 0.717) is 6.04 Å². The largest absolute Gasteiger partial charge is 0.395 e. The Morgan fingerprint density at radius 2 is 1.79 bits per heavy atom. The molecule has 0 radical (unpaired) electrons. The zero-order valence-corrected chi connectivity index (χ0v) is 12.6. The van der Waals surface area contributed by atoms with Gasteiger partial charge in [0.25, 0.3) is 0 Å². The van der Waals surface area contributed by atoms with Crippen LogP contribution in [0.4, 0.5) is 0 Å². The van der Waals surface area contributed by atoms with Gasteiger partial charge >= 0.3 is 0 Å². The fourth-order valence-corrected chi connectivity index (χ4v) is 2.50. The van der Waals surface area contributed by atoms with Crippen LogP contribution in [0.5, 0.6) is 0 Å². The first-order valence-electron chi connectivity index (χ1n) is 7.50. The third kappa shape index (κ3) is 5.09. The average Bonchev–Trinajstić information content (AvgIpc) is 2.45. The van der Waals surface area contributed by atoms with Crippen LogP contribution in [0.2, 0.25) is 0 Å². The summed E-state index contributed by atoms with van der Waals surface area (Å²) >= 11 is 0. The number of hydrogen-bond acceptors (Lipinski definition) is 4. The third-order valence-electron chi connectivity index (χ3n) is 4.08. The molecule has 5 nitrogen and oxygen atoms in total. The molecule has 0 aromatic carbocycles. The number of amides is 1. The Labute approximate surface area is 117 Å². The molecule has 112 valence electrons. The molecule has 0 aromatic heterocycles. The van der Waals surface area contributed by atoms with Gasteiger partial charge in [0.05, 0.1) is 12.6 Å². The van der Waals surface area contributed by atoms with E-state index in [4.69, 9.17) is 5.11 Å². The van der Waals surface area contributed by atoms with Gasteiger partial charge in [-0.3, -0.25) is 14.6 Å². The minimum atomic E-state index is -0.0584. The molecule has 0 aliphatic carbocycles. The van der Waals surface area contributed by atoms with Gasteiger partial charge in [0, 0.05) is 38.8 Å². The van der Waals surface area contributed by atoms with Gasteiger partial charge in [-0.25, -0.2) is 0 Å². The van der Waals surface area contributed by atoms with Crippen molar-refractivity contribution in [1.82, 2.24) is 15.1 Å². The van der Waals surface area contributed by atoms with Crippen LogP contribution >= 0.6 is 0 Å². The quantitative estimate of drug-likeness (QED) is 0.699. The number of hydrogen-bond donors (Lipinski definition) is 2. The second kappa shape index (κ2) is 8.51. The van der Waals surface area contributed by atoms with Gasteiger partial charge in [0.1, 0.15) is 0 Å². The standard InChI is InChI=1S/C14H29N3O2/c1-4-13(5-2)15-14(19)12(3)17-8-6-16(7-9-17)10-11-18/h12-13,18H,4-11H2,1-3H3,(H,15,19). The second-order valence-electron chi connectivity index (χ2n) is 5.30. The van der Waals surface area contributed by atoms with Crippen molar-refractivity contribution in [2.24, 2.45) is 0 Å². The van der Waals surface area contributed by atoms with Crippen molar-refractivity contribution in [2.45, 2.75) is 45.7 Å². The summed E-state index contributed by atoms with van der Waals surface area (Å²) < 4.78 is 0. The predicted octanol–water partition coefficient (Wildman–Crippen LogP) is 0.290. The smallest absolute Gasteiger partial charge is 0.237 e. The molecule has 0 saturated carbocycles. The van der Waals surface area contributed by atoms with E-state index < -0.39 is 0 Å². The number of piperazine rings is 1. The Hall–Kier alpha value is -0.650. The molecule has 1 saturated heterocycles. The van der Waals surface area contributed by atoms with Gasteiger partial charge < -0.3 is 10.4 Å². The van der Waals surface area contributed by atoms with Gasteiger partial charge in [0.2, 0.25) is 5.91 Å². The van der Waals surface area contributed by atoms with Crippen molar-refractivity contribution in [2.75, 3.05) is 39.3 Å². The summed E-state index contributed by atoms with van der Waals surface area (Å²) in [6.45, 7) is 10.8. The minimum absolute atomic E-state index is 0.0584. The Bertz CT molecular complexity index is 261. The van der Waals surface area contributed by atoms with Crippen LogP contribution in [-0.4, -0.2) is 72.2 Å². The first-order valence-corrected chi connectivity index (χ1v) is 7.50. The first-order chi connectivity index (χ1) is 9.12. The van der Waals surface area contributed by atoms with E-state index in [1.165, 1.54) is 0 Å². The van der Waals surface area contributed by atoms with Crippen molar-refractivity contribution >= 4 is 5.91 Å². The maximum Gasteiger partial charge on any atom is 0.237 e. The monoisotopic (exact) mass is 271 g/mol. The van der Waals surface area contributed by atoms with E-state index in [9.17, 15) is 4.79 Å². The lowest BCUT2D eigenvalue weighted by molar-refractivity contribution is -0.127. The number of carbonyl (C=O) groups excluding carboxylic acids is 1. The van der Waals surface area contributed by atoms with Gasteiger partial charge in [-0.2, -0.15) is 0 Å². The van der Waals surface area contributed by atoms with E-state index in [2.05, 4.69) is 29.0 Å². The zero-order valence-electron chi connectivity index (χ0n) is 12.6. The number of nitrogens with zero attached hydrogens (tertiary/aromatic N) is 2. The summed E-state index contributed by atoms with van der Waals surface area (Å²) in [4.78, 5) is 16.6. The van der Waals surface area contributed by atoms with Crippen molar-refractivity contribution < 1.29 is 9.90 Å². The van der Waals surface area contributed by atoms with Crippen LogP contribution in [0.25, 0.3) is 0 Å². The highest BCUT2D eigenvalue weighted by Crippen LogP contribution is 2.07. The highest BCUT2D eigenvalue weighted by atomic mass is 16.3. The van der Waals surface area contributed by atoms with Crippen LogP contribution in [0.3, 0.4) is 0 Å². The van der Waals surface area contributed by atoms with E-state index in [0.717, 1.165) is 45.6 Å². The van der Waals surface area contributed by atoms with Crippen LogP contribution in [-0.2, 0) is 4.79 Å². The zero-order chi connectivity index (χ0) is 14.3. The van der Waals surface area contributed by atoms with Crippen molar-refractivity contribution in [1.29, 1.82) is 0 Å². The van der Waals surface area contributed by atoms with E-state index >= 15 is 0 Å². The maximum atomic E-state index is 12.2. The van der Waals surface area contributed by atoms with Gasteiger partial charge in [-0.1, -0.05) is 13.8 Å². The number of aliphatic hydroxyl groups is 1. The minimum Gasteiger partial charge on any atom is -0.395 e. The number of aliphatic hydroxyl groups excluding tert-OH is 1. The summed E-state index contributed by atoms with van der Waals surface area (Å²) in [5.41, 5.74) is 0. The first kappa shape index (κ1) is 16.4. The number of rotatable bonds is 7. The summed E-state index contributed by atoms with van der Waals surface area (Å²) in [7, 11) is 0. The van der Waals surface area contributed by atoms with Gasteiger partial charge in [-0.15, -0.1) is 0 Å². The Balaban J connectivity index is 2.37. The fraction of sp³-hybridized carbons (Fsp3) is 0.929. The third-order valence-corrected chi connectivity index (χ3v) is 4.08. The van der Waals surface area contributed by atoms with Crippen LogP contribution in [0.1, 0.15) is 33.6 Å². The molecular formula is C14H29N3O2. The molecule has 1 aliphatic heterocycles.